The number of carboxylic acids is 1. The topological polar surface area (TPSA) is 63.3 Å². The first-order valence-electron chi connectivity index (χ1n) is 4.71. The van der Waals surface area contributed by atoms with Crippen molar-refractivity contribution in [1.29, 1.82) is 0 Å². The van der Waals surface area contributed by atoms with Gasteiger partial charge < -0.3 is 10.8 Å². The summed E-state index contributed by atoms with van der Waals surface area (Å²) in [6.45, 7) is 3.56. The largest absolute Gasteiger partial charge is 0.481 e. The Balaban J connectivity index is 0.000000265. The number of nitrogens with two attached hydrogens (primary N) is 1. The van der Waals surface area contributed by atoms with E-state index in [2.05, 4.69) is 15.9 Å². The first-order chi connectivity index (χ1) is 6.97. The summed E-state index contributed by atoms with van der Waals surface area (Å²) in [6, 6.07) is 7.53. The maximum Gasteiger partial charge on any atom is 0.306 e. The Labute approximate surface area is 98.4 Å². The van der Waals surface area contributed by atoms with Gasteiger partial charge in [-0.2, -0.15) is 0 Å². The van der Waals surface area contributed by atoms with Crippen LogP contribution in [0.2, 0.25) is 0 Å². The van der Waals surface area contributed by atoms with Crippen LogP contribution in [-0.2, 0) is 4.79 Å². The first-order valence-corrected chi connectivity index (χ1v) is 5.50. The van der Waals surface area contributed by atoms with Gasteiger partial charge in [0, 0.05) is 10.2 Å². The second-order valence-corrected chi connectivity index (χ2v) is 4.11. The summed E-state index contributed by atoms with van der Waals surface area (Å²) in [7, 11) is 0. The predicted octanol–water partition coefficient (Wildman–Crippen LogP) is 3.15. The number of halogens is 1. The van der Waals surface area contributed by atoms with Gasteiger partial charge in [-0.3, -0.25) is 4.79 Å². The van der Waals surface area contributed by atoms with Crippen LogP contribution in [-0.4, -0.2) is 11.1 Å². The summed E-state index contributed by atoms with van der Waals surface area (Å²) in [5.41, 5.74) is 6.21. The van der Waals surface area contributed by atoms with Crippen molar-refractivity contribution in [3.63, 3.8) is 0 Å². The lowest BCUT2D eigenvalue weighted by Crippen LogP contribution is -2.06. The van der Waals surface area contributed by atoms with Crippen LogP contribution in [0.25, 0.3) is 0 Å². The smallest absolute Gasteiger partial charge is 0.306 e. The Morgan fingerprint density at radius 2 is 1.93 bits per heavy atom. The van der Waals surface area contributed by atoms with Gasteiger partial charge >= 0.3 is 5.97 Å². The van der Waals surface area contributed by atoms with Gasteiger partial charge in [-0.1, -0.05) is 29.8 Å². The van der Waals surface area contributed by atoms with Crippen molar-refractivity contribution < 1.29 is 9.90 Å². The molecule has 3 nitrogen and oxygen atoms in total. The van der Waals surface area contributed by atoms with Gasteiger partial charge in [0.25, 0.3) is 0 Å². The molecule has 0 saturated carbocycles. The third kappa shape index (κ3) is 6.96. The maximum absolute atomic E-state index is 9.93. The van der Waals surface area contributed by atoms with Gasteiger partial charge in [0.1, 0.15) is 0 Å². The molecule has 0 aliphatic carbocycles. The molecule has 4 heteroatoms. The standard InChI is InChI=1S/C6H6BrN.C5H10O2/c7-5-1-3-6(8)4-2-5;1-3-4(2)5(6)7/h1-4H,8H2;4H,3H2,1-2H3,(H,6,7). The summed E-state index contributed by atoms with van der Waals surface area (Å²) in [6.07, 6.45) is 0.718. The highest BCUT2D eigenvalue weighted by molar-refractivity contribution is 9.10. The third-order valence-corrected chi connectivity index (χ3v) is 2.43. The van der Waals surface area contributed by atoms with E-state index >= 15 is 0 Å². The van der Waals surface area contributed by atoms with Crippen molar-refractivity contribution in [2.75, 3.05) is 5.73 Å². The number of hydrogen-bond donors (Lipinski definition) is 2. The number of nitrogen functional groups attached to an aromatic ring is 1. The molecule has 0 amide bonds. The molecule has 1 atom stereocenters. The molecular formula is C11H16BrNO2. The highest BCUT2D eigenvalue weighted by Gasteiger charge is 2.05. The van der Waals surface area contributed by atoms with E-state index in [1.165, 1.54) is 0 Å². The van der Waals surface area contributed by atoms with Crippen molar-refractivity contribution in [3.8, 4) is 0 Å². The highest BCUT2D eigenvalue weighted by atomic mass is 79.9. The van der Waals surface area contributed by atoms with E-state index in [0.717, 1.165) is 16.6 Å². The zero-order valence-corrected chi connectivity index (χ0v) is 10.5. The number of hydrogen-bond acceptors (Lipinski definition) is 2. The second kappa shape index (κ2) is 7.29. The van der Waals surface area contributed by atoms with Crippen molar-refractivity contribution in [2.45, 2.75) is 20.3 Å². The van der Waals surface area contributed by atoms with Gasteiger partial charge in [0.2, 0.25) is 0 Å². The molecule has 84 valence electrons. The molecule has 0 radical (unpaired) electrons. The molecule has 0 saturated heterocycles. The Hall–Kier alpha value is -1.03. The zero-order chi connectivity index (χ0) is 11.8. The lowest BCUT2D eigenvalue weighted by atomic mass is 10.1. The minimum absolute atomic E-state index is 0.181. The molecule has 0 spiro atoms. The van der Waals surface area contributed by atoms with E-state index in [1.54, 1.807) is 6.92 Å². The fourth-order valence-corrected chi connectivity index (χ4v) is 0.902. The monoisotopic (exact) mass is 273 g/mol. The van der Waals surface area contributed by atoms with E-state index in [0.29, 0.717) is 0 Å². The number of rotatable bonds is 2. The molecule has 0 bridgehead atoms. The SMILES string of the molecule is CCC(C)C(=O)O.Nc1ccc(Br)cc1. The zero-order valence-electron chi connectivity index (χ0n) is 8.90. The number of benzene rings is 1. The number of carboxylic acid groups (broad SMARTS) is 1. The van der Waals surface area contributed by atoms with Crippen molar-refractivity contribution in [3.05, 3.63) is 28.7 Å². The number of aliphatic carboxylic acids is 1. The summed E-state index contributed by atoms with van der Waals surface area (Å²) >= 11 is 3.29. The second-order valence-electron chi connectivity index (χ2n) is 3.20. The van der Waals surface area contributed by atoms with Gasteiger partial charge in [-0.15, -0.1) is 0 Å². The first kappa shape index (κ1) is 14.0. The van der Waals surface area contributed by atoms with E-state index in [-0.39, 0.29) is 5.92 Å². The number of anilines is 1. The Bertz CT molecular complexity index is 277. The number of carbonyl (C=O) groups is 1. The molecule has 0 aromatic heterocycles. The van der Waals surface area contributed by atoms with Crippen LogP contribution in [0.4, 0.5) is 5.69 Å². The summed E-state index contributed by atoms with van der Waals surface area (Å²) in [5, 5.41) is 8.18. The van der Waals surface area contributed by atoms with Gasteiger partial charge in [-0.25, -0.2) is 0 Å². The Morgan fingerprint density at radius 1 is 1.47 bits per heavy atom. The van der Waals surface area contributed by atoms with E-state index in [9.17, 15) is 4.79 Å². The van der Waals surface area contributed by atoms with E-state index in [4.69, 9.17) is 10.8 Å². The minimum atomic E-state index is -0.706. The molecular weight excluding hydrogens is 258 g/mol. The average molecular weight is 274 g/mol. The normalized spacial score (nSPS) is 11.1. The molecule has 0 aliphatic heterocycles. The maximum atomic E-state index is 9.93. The van der Waals surface area contributed by atoms with Crippen LogP contribution in [0, 0.1) is 5.92 Å². The third-order valence-electron chi connectivity index (χ3n) is 1.90. The Morgan fingerprint density at radius 3 is 2.13 bits per heavy atom. The quantitative estimate of drug-likeness (QED) is 0.814. The molecule has 15 heavy (non-hydrogen) atoms. The fraction of sp³-hybridized carbons (Fsp3) is 0.364. The van der Waals surface area contributed by atoms with Crippen LogP contribution in [0.15, 0.2) is 28.7 Å². The van der Waals surface area contributed by atoms with Crippen LogP contribution in [0.1, 0.15) is 20.3 Å². The molecule has 0 fully saturated rings. The average Bonchev–Trinajstić information content (AvgIpc) is 2.22. The molecule has 0 heterocycles. The summed E-state index contributed by atoms with van der Waals surface area (Å²) < 4.78 is 1.06. The van der Waals surface area contributed by atoms with Crippen LogP contribution >= 0.6 is 15.9 Å². The van der Waals surface area contributed by atoms with Crippen molar-refractivity contribution in [2.24, 2.45) is 5.92 Å². The predicted molar refractivity (Wildman–Crippen MR) is 65.6 cm³/mol. The molecule has 1 aromatic carbocycles. The van der Waals surface area contributed by atoms with Crippen LogP contribution < -0.4 is 5.73 Å². The molecule has 1 rings (SSSR count). The molecule has 3 N–H and O–H groups in total. The Kier molecular flexibility index (Phi) is 6.79. The van der Waals surface area contributed by atoms with Crippen LogP contribution in [0.3, 0.4) is 0 Å². The highest BCUT2D eigenvalue weighted by Crippen LogP contribution is 2.10. The lowest BCUT2D eigenvalue weighted by Gasteiger charge is -1.96. The molecule has 0 aliphatic rings. The summed E-state index contributed by atoms with van der Waals surface area (Å²) in [5.74, 6) is -0.887. The van der Waals surface area contributed by atoms with Crippen molar-refractivity contribution >= 4 is 27.6 Å². The van der Waals surface area contributed by atoms with E-state index in [1.807, 2.05) is 31.2 Å². The fourth-order valence-electron chi connectivity index (χ4n) is 0.637. The minimum Gasteiger partial charge on any atom is -0.481 e. The van der Waals surface area contributed by atoms with Crippen LogP contribution in [0.5, 0.6) is 0 Å². The molecule has 1 aromatic rings. The summed E-state index contributed by atoms with van der Waals surface area (Å²) in [4.78, 5) is 9.93. The lowest BCUT2D eigenvalue weighted by molar-refractivity contribution is -0.141. The van der Waals surface area contributed by atoms with E-state index < -0.39 is 5.97 Å². The van der Waals surface area contributed by atoms with Gasteiger partial charge in [0.15, 0.2) is 0 Å². The van der Waals surface area contributed by atoms with Gasteiger partial charge in [-0.05, 0) is 30.7 Å². The van der Waals surface area contributed by atoms with Crippen molar-refractivity contribution in [1.82, 2.24) is 0 Å². The molecule has 1 unspecified atom stereocenters. The van der Waals surface area contributed by atoms with Gasteiger partial charge in [0.05, 0.1) is 5.92 Å².